The second-order valence-corrected chi connectivity index (χ2v) is 9.07. The molecule has 0 atom stereocenters. The Kier molecular flexibility index (Phi) is 6.30. The van der Waals surface area contributed by atoms with Crippen molar-refractivity contribution in [2.24, 2.45) is 0 Å². The molecule has 0 radical (unpaired) electrons. The molecule has 4 rings (SSSR count). The topological polar surface area (TPSA) is 9.72 Å². The van der Waals surface area contributed by atoms with Crippen molar-refractivity contribution < 1.29 is 0 Å². The van der Waals surface area contributed by atoms with Crippen LogP contribution in [0.15, 0.2) is 0 Å². The lowest BCUT2D eigenvalue weighted by atomic mass is 9.66. The van der Waals surface area contributed by atoms with Crippen molar-refractivity contribution in [3.05, 3.63) is 0 Å². The summed E-state index contributed by atoms with van der Waals surface area (Å²) in [5.41, 5.74) is 0. The van der Waals surface area contributed by atoms with E-state index < -0.39 is 0 Å². The summed E-state index contributed by atoms with van der Waals surface area (Å²) in [6.45, 7) is 0. The average molecular weight is 327 g/mol. The lowest BCUT2D eigenvalue weighted by molar-refractivity contribution is 0.253. The average Bonchev–Trinajstić information content (AvgIpc) is 2.70. The highest BCUT2D eigenvalue weighted by molar-refractivity contribution is 6.65. The summed E-state index contributed by atoms with van der Waals surface area (Å²) in [5, 5.41) is 0. The molecule has 4 aliphatic rings. The Balaban J connectivity index is 1.44. The Hall–Kier alpha value is 0.0748. The van der Waals surface area contributed by atoms with Crippen LogP contribution >= 0.6 is 0 Å². The van der Waals surface area contributed by atoms with E-state index in [0.29, 0.717) is 0 Å². The molecule has 0 aromatic carbocycles. The summed E-state index contributed by atoms with van der Waals surface area (Å²) in [6.07, 6.45) is 22.0. The van der Waals surface area contributed by atoms with Gasteiger partial charge in [-0.3, -0.25) is 0 Å². The molecule has 3 nitrogen and oxygen atoms in total. The van der Waals surface area contributed by atoms with E-state index in [-0.39, 0.29) is 0 Å². The first-order valence-corrected chi connectivity index (χ1v) is 11.1. The molecule has 24 heavy (non-hydrogen) atoms. The molecule has 0 aromatic heterocycles. The fourth-order valence-electron chi connectivity index (χ4n) is 5.87. The van der Waals surface area contributed by atoms with E-state index >= 15 is 0 Å². The van der Waals surface area contributed by atoms with Crippen LogP contribution in [0.3, 0.4) is 0 Å². The molecule has 1 saturated heterocycles. The Labute approximate surface area is 151 Å². The van der Waals surface area contributed by atoms with Gasteiger partial charge in [0.05, 0.1) is 0 Å². The lowest BCUT2D eigenvalue weighted by Crippen LogP contribution is -2.68. The molecule has 132 valence electrons. The van der Waals surface area contributed by atoms with E-state index in [1.54, 1.807) is 0 Å². The molecule has 6 heteroatoms. The van der Waals surface area contributed by atoms with Crippen molar-refractivity contribution in [1.29, 1.82) is 0 Å². The van der Waals surface area contributed by atoms with Crippen LogP contribution in [-0.2, 0) is 0 Å². The fraction of sp³-hybridized carbons (Fsp3) is 1.00. The molecule has 0 spiro atoms. The van der Waals surface area contributed by atoms with Crippen LogP contribution < -0.4 is 0 Å². The summed E-state index contributed by atoms with van der Waals surface area (Å²) >= 11 is 0. The Morgan fingerprint density at radius 3 is 0.875 bits per heavy atom. The van der Waals surface area contributed by atoms with Gasteiger partial charge in [-0.2, -0.15) is 0 Å². The van der Waals surface area contributed by atoms with Crippen LogP contribution in [0.4, 0.5) is 0 Å². The van der Waals surface area contributed by atoms with Crippen molar-refractivity contribution in [3.63, 3.8) is 0 Å². The van der Waals surface area contributed by atoms with E-state index in [4.69, 9.17) is 0 Å². The number of rotatable bonds is 3. The first-order chi connectivity index (χ1) is 11.9. The maximum atomic E-state index is 2.88. The molecule has 0 amide bonds. The Bertz CT molecular complexity index is 317. The highest BCUT2D eigenvalue weighted by Gasteiger charge is 2.38. The summed E-state index contributed by atoms with van der Waals surface area (Å²) in [6, 6.07) is 2.61. The minimum absolute atomic E-state index is 0.872. The van der Waals surface area contributed by atoms with Crippen molar-refractivity contribution in [2.75, 3.05) is 0 Å². The van der Waals surface area contributed by atoms with E-state index in [1.807, 2.05) is 0 Å². The fourth-order valence-corrected chi connectivity index (χ4v) is 5.87. The first kappa shape index (κ1) is 17.5. The predicted octanol–water partition coefficient (Wildman–Crippen LogP) is 2.70. The third-order valence-electron chi connectivity index (χ3n) is 7.36. The predicted molar refractivity (Wildman–Crippen MR) is 108 cm³/mol. The minimum atomic E-state index is 0.872. The van der Waals surface area contributed by atoms with Crippen LogP contribution in [0.2, 0.25) is 0 Å². The van der Waals surface area contributed by atoms with Crippen LogP contribution in [0.1, 0.15) is 96.3 Å². The van der Waals surface area contributed by atoms with Gasteiger partial charge in [0.25, 0.3) is 22.6 Å². The van der Waals surface area contributed by atoms with Crippen molar-refractivity contribution in [1.82, 2.24) is 14.2 Å². The van der Waals surface area contributed by atoms with Gasteiger partial charge in [0.15, 0.2) is 0 Å². The zero-order chi connectivity index (χ0) is 16.2. The molecular weight excluding hydrogens is 291 g/mol. The largest absolute Gasteiger partial charge is 0.361 e. The smallest absolute Gasteiger partial charge is 0.271 e. The van der Waals surface area contributed by atoms with Crippen molar-refractivity contribution in [3.8, 4) is 0 Å². The summed E-state index contributed by atoms with van der Waals surface area (Å²) in [7, 11) is 3.79. The second-order valence-electron chi connectivity index (χ2n) is 9.07. The van der Waals surface area contributed by atoms with Crippen LogP contribution in [0, 0.1) is 0 Å². The maximum absolute atomic E-state index is 2.88. The van der Waals surface area contributed by atoms with Crippen LogP contribution in [0.5, 0.6) is 0 Å². The molecular formula is C18H36B3N3. The minimum Gasteiger partial charge on any atom is -0.361 e. The van der Waals surface area contributed by atoms with Gasteiger partial charge >= 0.3 is 0 Å². The van der Waals surface area contributed by atoms with Gasteiger partial charge in [0.2, 0.25) is 0 Å². The first-order valence-electron chi connectivity index (χ1n) is 11.1. The molecule has 0 N–H and O–H groups in total. The number of hydrogen-bond donors (Lipinski definition) is 0. The molecule has 0 bridgehead atoms. The van der Waals surface area contributed by atoms with Gasteiger partial charge in [-0.05, 0) is 56.7 Å². The van der Waals surface area contributed by atoms with Crippen molar-refractivity contribution in [2.45, 2.75) is 114 Å². The molecule has 3 aliphatic carbocycles. The highest BCUT2D eigenvalue weighted by atomic mass is 15.3. The summed E-state index contributed by atoms with van der Waals surface area (Å²) < 4.78 is 8.64. The second kappa shape index (κ2) is 8.64. The zero-order valence-electron chi connectivity index (χ0n) is 15.8. The number of hydrogen-bond acceptors (Lipinski definition) is 3. The Morgan fingerprint density at radius 2 is 0.625 bits per heavy atom. The SMILES string of the molecule is B1N(C2CCCCC2)BN(C2CCCCC2)BN1C1CCCCC1. The molecule has 1 heterocycles. The molecule has 0 aromatic rings. The lowest BCUT2D eigenvalue weighted by Gasteiger charge is -2.50. The van der Waals surface area contributed by atoms with Crippen molar-refractivity contribution >= 4 is 22.6 Å². The monoisotopic (exact) mass is 327 g/mol. The Morgan fingerprint density at radius 1 is 0.375 bits per heavy atom. The summed E-state index contributed by atoms with van der Waals surface area (Å²) in [5.74, 6) is 0. The van der Waals surface area contributed by atoms with Gasteiger partial charge in [-0.1, -0.05) is 57.8 Å². The quantitative estimate of drug-likeness (QED) is 0.738. The van der Waals surface area contributed by atoms with Gasteiger partial charge < -0.3 is 14.2 Å². The number of nitrogens with zero attached hydrogens (tertiary/aromatic N) is 3. The zero-order valence-corrected chi connectivity index (χ0v) is 15.8. The molecule has 4 fully saturated rings. The third-order valence-corrected chi connectivity index (χ3v) is 7.36. The van der Waals surface area contributed by atoms with Gasteiger partial charge in [-0.15, -0.1) is 0 Å². The van der Waals surface area contributed by atoms with E-state index in [0.717, 1.165) is 18.1 Å². The maximum Gasteiger partial charge on any atom is 0.271 e. The van der Waals surface area contributed by atoms with E-state index in [1.165, 1.54) is 119 Å². The van der Waals surface area contributed by atoms with Gasteiger partial charge in [0.1, 0.15) is 0 Å². The molecule has 0 unspecified atom stereocenters. The third kappa shape index (κ3) is 4.24. The van der Waals surface area contributed by atoms with E-state index in [2.05, 4.69) is 14.2 Å². The summed E-state index contributed by atoms with van der Waals surface area (Å²) in [4.78, 5) is 0. The molecule has 3 saturated carbocycles. The van der Waals surface area contributed by atoms with Gasteiger partial charge in [0, 0.05) is 0 Å². The van der Waals surface area contributed by atoms with E-state index in [9.17, 15) is 0 Å². The highest BCUT2D eigenvalue weighted by Crippen LogP contribution is 2.29. The normalized spacial score (nSPS) is 30.5. The van der Waals surface area contributed by atoms with Gasteiger partial charge in [-0.25, -0.2) is 0 Å². The van der Waals surface area contributed by atoms with Crippen LogP contribution in [-0.4, -0.2) is 54.9 Å². The van der Waals surface area contributed by atoms with Crippen LogP contribution in [0.25, 0.3) is 0 Å². The molecule has 1 aliphatic heterocycles. The standard InChI is InChI=1S/C18H36B3N3/c1-4-10-16(11-5-1)22-19-23(17-12-6-2-7-13-17)21-24(20-22)18-14-8-3-9-15-18/h16-21H,1-15H2.